The summed E-state index contributed by atoms with van der Waals surface area (Å²) in [6.07, 6.45) is 0.152. The number of rotatable bonds is 4. The molecule has 2 rings (SSSR count). The number of pyridine rings is 1. The molecule has 6 heteroatoms. The molecule has 0 aliphatic carbocycles. The van der Waals surface area contributed by atoms with Crippen molar-refractivity contribution in [2.75, 3.05) is 5.32 Å². The fraction of sp³-hybridized carbons (Fsp3) is 0.200. The third kappa shape index (κ3) is 3.62. The number of aromatic nitrogens is 1. The van der Waals surface area contributed by atoms with Crippen LogP contribution in [0.4, 0.5) is 11.5 Å². The molecule has 0 aliphatic heterocycles. The van der Waals surface area contributed by atoms with Crippen molar-refractivity contribution in [3.63, 3.8) is 0 Å². The average molecular weight is 285 g/mol. The van der Waals surface area contributed by atoms with Crippen molar-refractivity contribution >= 4 is 17.4 Å². The Hall–Kier alpha value is -2.76. The second kappa shape index (κ2) is 6.13. The zero-order valence-electron chi connectivity index (χ0n) is 11.8. The molecule has 0 bridgehead atoms. The topological polar surface area (TPSA) is 85.1 Å². The van der Waals surface area contributed by atoms with Crippen molar-refractivity contribution in [3.8, 4) is 0 Å². The van der Waals surface area contributed by atoms with Crippen LogP contribution >= 0.6 is 0 Å². The maximum absolute atomic E-state index is 12.0. The highest BCUT2D eigenvalue weighted by atomic mass is 16.6. The van der Waals surface area contributed by atoms with Crippen LogP contribution in [0.5, 0.6) is 0 Å². The third-order valence-corrected chi connectivity index (χ3v) is 3.08. The van der Waals surface area contributed by atoms with E-state index in [2.05, 4.69) is 10.3 Å². The van der Waals surface area contributed by atoms with Crippen LogP contribution in [0.2, 0.25) is 0 Å². The summed E-state index contributed by atoms with van der Waals surface area (Å²) < 4.78 is 0. The number of carbonyl (C=O) groups is 1. The van der Waals surface area contributed by atoms with E-state index in [0.717, 1.165) is 11.1 Å². The number of amides is 1. The van der Waals surface area contributed by atoms with Gasteiger partial charge >= 0.3 is 5.69 Å². The minimum absolute atomic E-state index is 0.0152. The lowest BCUT2D eigenvalue weighted by atomic mass is 10.1. The van der Waals surface area contributed by atoms with Crippen molar-refractivity contribution < 1.29 is 9.72 Å². The van der Waals surface area contributed by atoms with Gasteiger partial charge in [0.1, 0.15) is 0 Å². The van der Waals surface area contributed by atoms with E-state index in [1.807, 2.05) is 31.2 Å². The van der Waals surface area contributed by atoms with Crippen LogP contribution in [0.1, 0.15) is 16.8 Å². The normalized spacial score (nSPS) is 10.2. The Bertz CT molecular complexity index is 698. The quantitative estimate of drug-likeness (QED) is 0.691. The van der Waals surface area contributed by atoms with Gasteiger partial charge in [-0.2, -0.15) is 0 Å². The molecule has 1 heterocycles. The maximum Gasteiger partial charge on any atom is 0.311 e. The summed E-state index contributed by atoms with van der Waals surface area (Å²) in [5.74, 6) is -0.343. The molecule has 0 atom stereocenters. The first kappa shape index (κ1) is 14.6. The molecule has 0 radical (unpaired) electrons. The van der Waals surface area contributed by atoms with Crippen molar-refractivity contribution in [2.45, 2.75) is 20.3 Å². The number of hydrogen-bond donors (Lipinski definition) is 1. The van der Waals surface area contributed by atoms with Gasteiger partial charge in [0.05, 0.1) is 11.3 Å². The van der Waals surface area contributed by atoms with Crippen LogP contribution in [0, 0.1) is 24.0 Å². The highest BCUT2D eigenvalue weighted by Crippen LogP contribution is 2.22. The van der Waals surface area contributed by atoms with Gasteiger partial charge in [-0.05, 0) is 31.0 Å². The first-order valence-corrected chi connectivity index (χ1v) is 6.44. The molecule has 0 unspecified atom stereocenters. The fourth-order valence-corrected chi connectivity index (χ4v) is 1.95. The molecule has 0 aliphatic rings. The molecule has 0 saturated carbocycles. The Morgan fingerprint density at radius 1 is 1.24 bits per heavy atom. The van der Waals surface area contributed by atoms with Crippen LogP contribution in [0.3, 0.4) is 0 Å². The number of nitrogens with one attached hydrogen (secondary N) is 1. The van der Waals surface area contributed by atoms with Crippen LogP contribution in [0.15, 0.2) is 36.4 Å². The van der Waals surface area contributed by atoms with Gasteiger partial charge in [0, 0.05) is 11.8 Å². The Kier molecular flexibility index (Phi) is 4.27. The summed E-state index contributed by atoms with van der Waals surface area (Å²) in [6, 6.07) is 10.4. The Balaban J connectivity index is 2.18. The molecule has 21 heavy (non-hydrogen) atoms. The van der Waals surface area contributed by atoms with Crippen molar-refractivity contribution in [1.82, 2.24) is 4.98 Å². The summed E-state index contributed by atoms with van der Waals surface area (Å²) in [6.45, 7) is 3.62. The number of anilines is 1. The van der Waals surface area contributed by atoms with Gasteiger partial charge < -0.3 is 5.32 Å². The molecule has 1 aromatic carbocycles. The molecule has 0 fully saturated rings. The van der Waals surface area contributed by atoms with Crippen molar-refractivity contribution in [2.24, 2.45) is 0 Å². The number of carbonyl (C=O) groups excluding carboxylic acids is 1. The molecular formula is C15H15N3O3. The van der Waals surface area contributed by atoms with Gasteiger partial charge in [0.2, 0.25) is 11.7 Å². The van der Waals surface area contributed by atoms with Gasteiger partial charge in [-0.25, -0.2) is 4.98 Å². The molecule has 1 aromatic heterocycles. The van der Waals surface area contributed by atoms with Gasteiger partial charge in [0.15, 0.2) is 0 Å². The summed E-state index contributed by atoms with van der Waals surface area (Å²) in [5.41, 5.74) is 2.27. The van der Waals surface area contributed by atoms with Crippen LogP contribution in [0.25, 0.3) is 0 Å². The molecule has 108 valence electrons. The van der Waals surface area contributed by atoms with E-state index < -0.39 is 4.92 Å². The first-order valence-electron chi connectivity index (χ1n) is 6.44. The molecule has 2 aromatic rings. The Labute approximate surface area is 122 Å². The van der Waals surface area contributed by atoms with Gasteiger partial charge in [-0.15, -0.1) is 0 Å². The SMILES string of the molecule is Cc1ccc([N+](=O)[O-])c(NC(=O)Cc2ccccc2C)n1. The maximum atomic E-state index is 12.0. The lowest BCUT2D eigenvalue weighted by Gasteiger charge is -2.07. The lowest BCUT2D eigenvalue weighted by molar-refractivity contribution is -0.384. The van der Waals surface area contributed by atoms with E-state index in [-0.39, 0.29) is 23.8 Å². The largest absolute Gasteiger partial charge is 0.311 e. The van der Waals surface area contributed by atoms with Crippen molar-refractivity contribution in [1.29, 1.82) is 0 Å². The standard InChI is InChI=1S/C15H15N3O3/c1-10-5-3-4-6-12(10)9-14(19)17-15-13(18(20)21)8-7-11(2)16-15/h3-8H,9H2,1-2H3,(H,16,17,19). The smallest absolute Gasteiger partial charge is 0.305 e. The van der Waals surface area contributed by atoms with E-state index >= 15 is 0 Å². The van der Waals surface area contributed by atoms with Gasteiger partial charge in [0.25, 0.3) is 0 Å². The summed E-state index contributed by atoms with van der Waals surface area (Å²) in [5, 5.41) is 13.5. The van der Waals surface area contributed by atoms with E-state index in [4.69, 9.17) is 0 Å². The van der Waals surface area contributed by atoms with E-state index in [0.29, 0.717) is 5.69 Å². The number of benzene rings is 1. The Morgan fingerprint density at radius 3 is 2.62 bits per heavy atom. The van der Waals surface area contributed by atoms with Crippen LogP contribution in [-0.4, -0.2) is 15.8 Å². The lowest BCUT2D eigenvalue weighted by Crippen LogP contribution is -2.17. The summed E-state index contributed by atoms with van der Waals surface area (Å²) >= 11 is 0. The number of hydrogen-bond acceptors (Lipinski definition) is 4. The molecule has 6 nitrogen and oxygen atoms in total. The van der Waals surface area contributed by atoms with E-state index in [9.17, 15) is 14.9 Å². The number of nitrogens with zero attached hydrogens (tertiary/aromatic N) is 2. The predicted molar refractivity (Wildman–Crippen MR) is 79.1 cm³/mol. The summed E-state index contributed by atoms with van der Waals surface area (Å²) in [4.78, 5) is 26.5. The molecule has 1 amide bonds. The average Bonchev–Trinajstić information content (AvgIpc) is 2.41. The highest BCUT2D eigenvalue weighted by molar-refractivity contribution is 5.93. The van der Waals surface area contributed by atoms with Crippen molar-refractivity contribution in [3.05, 3.63) is 63.3 Å². The third-order valence-electron chi connectivity index (χ3n) is 3.08. The molecule has 0 saturated heterocycles. The van der Waals surface area contributed by atoms with Gasteiger partial charge in [-0.3, -0.25) is 14.9 Å². The first-order chi connectivity index (χ1) is 9.97. The van der Waals surface area contributed by atoms with E-state index in [1.165, 1.54) is 12.1 Å². The number of aryl methyl sites for hydroxylation is 2. The van der Waals surface area contributed by atoms with Crippen LogP contribution < -0.4 is 5.32 Å². The summed E-state index contributed by atoms with van der Waals surface area (Å²) in [7, 11) is 0. The van der Waals surface area contributed by atoms with Gasteiger partial charge in [-0.1, -0.05) is 24.3 Å². The zero-order chi connectivity index (χ0) is 15.4. The minimum Gasteiger partial charge on any atom is -0.305 e. The highest BCUT2D eigenvalue weighted by Gasteiger charge is 2.17. The number of nitro groups is 1. The molecule has 1 N–H and O–H groups in total. The monoisotopic (exact) mass is 285 g/mol. The second-order valence-corrected chi connectivity index (χ2v) is 4.73. The molecule has 0 spiro atoms. The second-order valence-electron chi connectivity index (χ2n) is 4.73. The minimum atomic E-state index is -0.560. The fourth-order valence-electron chi connectivity index (χ4n) is 1.95. The van der Waals surface area contributed by atoms with Crippen LogP contribution in [-0.2, 0) is 11.2 Å². The Morgan fingerprint density at radius 2 is 1.95 bits per heavy atom. The molecular weight excluding hydrogens is 270 g/mol. The predicted octanol–water partition coefficient (Wildman–Crippen LogP) is 2.79. The zero-order valence-corrected chi connectivity index (χ0v) is 11.8. The van der Waals surface area contributed by atoms with E-state index in [1.54, 1.807) is 6.92 Å².